The van der Waals surface area contributed by atoms with Crippen LogP contribution in [-0.4, -0.2) is 30.8 Å². The van der Waals surface area contributed by atoms with Gasteiger partial charge >= 0.3 is 0 Å². The lowest BCUT2D eigenvalue weighted by molar-refractivity contribution is 0.335. The maximum atomic E-state index is 12.4. The summed E-state index contributed by atoms with van der Waals surface area (Å²) < 4.78 is 26.4. The third-order valence-corrected chi connectivity index (χ3v) is 5.54. The van der Waals surface area contributed by atoms with Crippen LogP contribution in [-0.2, 0) is 10.0 Å². The van der Waals surface area contributed by atoms with E-state index in [1.54, 1.807) is 25.4 Å². The van der Waals surface area contributed by atoms with Gasteiger partial charge in [-0.1, -0.05) is 25.7 Å². The van der Waals surface area contributed by atoms with Crippen LogP contribution in [0.4, 0.5) is 0 Å². The van der Waals surface area contributed by atoms with Crippen LogP contribution >= 0.6 is 0 Å². The lowest BCUT2D eigenvalue weighted by Gasteiger charge is -2.26. The number of hydrogen-bond donors (Lipinski definition) is 0. The predicted octanol–water partition coefficient (Wildman–Crippen LogP) is 2.42. The van der Waals surface area contributed by atoms with Gasteiger partial charge in [-0.2, -0.15) is 4.31 Å². The van der Waals surface area contributed by atoms with Crippen molar-refractivity contribution in [3.63, 3.8) is 0 Å². The summed E-state index contributed by atoms with van der Waals surface area (Å²) in [4.78, 5) is 4.18. The summed E-state index contributed by atoms with van der Waals surface area (Å²) in [6.45, 7) is 0. The Morgan fingerprint density at radius 2 is 1.89 bits per heavy atom. The second kappa shape index (κ2) is 5.80. The SMILES string of the molecule is CN(C1CCCCCC1)S(=O)(=O)c1cccnc1. The van der Waals surface area contributed by atoms with Gasteiger partial charge in [-0.25, -0.2) is 8.42 Å². The highest BCUT2D eigenvalue weighted by atomic mass is 32.2. The zero-order valence-electron chi connectivity index (χ0n) is 10.7. The fourth-order valence-corrected chi connectivity index (χ4v) is 3.86. The van der Waals surface area contributed by atoms with E-state index in [1.165, 1.54) is 23.3 Å². The maximum Gasteiger partial charge on any atom is 0.244 e. The Morgan fingerprint density at radius 3 is 2.44 bits per heavy atom. The molecule has 0 aliphatic heterocycles. The van der Waals surface area contributed by atoms with Gasteiger partial charge in [-0.3, -0.25) is 4.98 Å². The van der Waals surface area contributed by atoms with Crippen molar-refractivity contribution in [3.8, 4) is 0 Å². The topological polar surface area (TPSA) is 50.3 Å². The van der Waals surface area contributed by atoms with E-state index >= 15 is 0 Å². The monoisotopic (exact) mass is 268 g/mol. The van der Waals surface area contributed by atoms with E-state index in [2.05, 4.69) is 4.98 Å². The summed E-state index contributed by atoms with van der Waals surface area (Å²) in [5, 5.41) is 0. The number of hydrogen-bond acceptors (Lipinski definition) is 3. The molecular formula is C13H20N2O2S. The number of sulfonamides is 1. The van der Waals surface area contributed by atoms with Crippen LogP contribution < -0.4 is 0 Å². The summed E-state index contributed by atoms with van der Waals surface area (Å²) in [6, 6.07) is 3.40. The molecule has 100 valence electrons. The minimum Gasteiger partial charge on any atom is -0.263 e. The quantitative estimate of drug-likeness (QED) is 0.791. The number of rotatable bonds is 3. The Morgan fingerprint density at radius 1 is 1.22 bits per heavy atom. The van der Waals surface area contributed by atoms with Crippen LogP contribution in [0.25, 0.3) is 0 Å². The Balaban J connectivity index is 2.19. The Labute approximate surface area is 109 Å². The lowest BCUT2D eigenvalue weighted by Crippen LogP contribution is -2.36. The van der Waals surface area contributed by atoms with E-state index in [4.69, 9.17) is 0 Å². The fourth-order valence-electron chi connectivity index (χ4n) is 2.48. The van der Waals surface area contributed by atoms with Crippen LogP contribution in [0, 0.1) is 0 Å². The summed E-state index contributed by atoms with van der Waals surface area (Å²) in [5.41, 5.74) is 0. The first kappa shape index (κ1) is 13.5. The molecule has 0 aromatic carbocycles. The minimum absolute atomic E-state index is 0.137. The van der Waals surface area contributed by atoms with E-state index in [9.17, 15) is 8.42 Å². The number of aromatic nitrogens is 1. The molecule has 0 amide bonds. The smallest absolute Gasteiger partial charge is 0.244 e. The molecule has 18 heavy (non-hydrogen) atoms. The summed E-state index contributed by atoms with van der Waals surface area (Å²) in [6.07, 6.45) is 9.63. The lowest BCUT2D eigenvalue weighted by atomic mass is 10.1. The summed E-state index contributed by atoms with van der Waals surface area (Å²) in [5.74, 6) is 0. The Hall–Kier alpha value is -0.940. The van der Waals surface area contributed by atoms with Crippen molar-refractivity contribution in [2.75, 3.05) is 7.05 Å². The van der Waals surface area contributed by atoms with E-state index in [0.717, 1.165) is 25.7 Å². The molecule has 0 saturated heterocycles. The molecular weight excluding hydrogens is 248 g/mol. The van der Waals surface area contributed by atoms with Crippen molar-refractivity contribution in [3.05, 3.63) is 24.5 Å². The molecule has 1 aromatic heterocycles. The Bertz CT molecular complexity index is 465. The molecule has 1 aliphatic carbocycles. The normalized spacial score (nSPS) is 18.8. The molecule has 0 radical (unpaired) electrons. The number of nitrogens with zero attached hydrogens (tertiary/aromatic N) is 2. The van der Waals surface area contributed by atoms with Gasteiger partial charge < -0.3 is 0 Å². The second-order valence-electron chi connectivity index (χ2n) is 4.86. The highest BCUT2D eigenvalue weighted by Gasteiger charge is 2.28. The largest absolute Gasteiger partial charge is 0.263 e. The van der Waals surface area contributed by atoms with Crippen LogP contribution in [0.5, 0.6) is 0 Å². The summed E-state index contributed by atoms with van der Waals surface area (Å²) >= 11 is 0. The van der Waals surface area contributed by atoms with Crippen molar-refractivity contribution >= 4 is 10.0 Å². The maximum absolute atomic E-state index is 12.4. The molecule has 0 N–H and O–H groups in total. The van der Waals surface area contributed by atoms with Crippen molar-refractivity contribution in [2.45, 2.75) is 49.5 Å². The molecule has 1 aliphatic rings. The van der Waals surface area contributed by atoms with Crippen LogP contribution in [0.15, 0.2) is 29.4 Å². The molecule has 0 unspecified atom stereocenters. The molecule has 5 heteroatoms. The first-order chi connectivity index (χ1) is 8.62. The molecule has 4 nitrogen and oxygen atoms in total. The van der Waals surface area contributed by atoms with Gasteiger partial charge in [0.15, 0.2) is 0 Å². The standard InChI is InChI=1S/C13H20N2O2S/c1-15(12-7-4-2-3-5-8-12)18(16,17)13-9-6-10-14-11-13/h6,9-12H,2-5,7-8H2,1H3. The molecule has 0 atom stereocenters. The zero-order chi connectivity index (χ0) is 13.0. The van der Waals surface area contributed by atoms with Crippen LogP contribution in [0.2, 0.25) is 0 Å². The van der Waals surface area contributed by atoms with E-state index in [1.807, 2.05) is 0 Å². The first-order valence-electron chi connectivity index (χ1n) is 6.50. The van der Waals surface area contributed by atoms with Gasteiger partial charge in [0.1, 0.15) is 4.90 Å². The highest BCUT2D eigenvalue weighted by Crippen LogP contribution is 2.25. The van der Waals surface area contributed by atoms with Gasteiger partial charge in [0.2, 0.25) is 10.0 Å². The third kappa shape index (κ3) is 2.90. The van der Waals surface area contributed by atoms with Crippen molar-refractivity contribution in [1.82, 2.24) is 9.29 Å². The molecule has 1 aromatic rings. The van der Waals surface area contributed by atoms with Gasteiger partial charge in [0, 0.05) is 25.5 Å². The number of pyridine rings is 1. The second-order valence-corrected chi connectivity index (χ2v) is 6.85. The molecule has 0 spiro atoms. The van der Waals surface area contributed by atoms with E-state index in [0.29, 0.717) is 0 Å². The van der Waals surface area contributed by atoms with Crippen LogP contribution in [0.3, 0.4) is 0 Å². The average Bonchev–Trinajstić information content (AvgIpc) is 2.67. The third-order valence-electron chi connectivity index (χ3n) is 3.65. The average molecular weight is 268 g/mol. The van der Waals surface area contributed by atoms with Gasteiger partial charge in [0.05, 0.1) is 0 Å². The summed E-state index contributed by atoms with van der Waals surface area (Å²) in [7, 11) is -1.69. The fraction of sp³-hybridized carbons (Fsp3) is 0.615. The molecule has 1 heterocycles. The Kier molecular flexibility index (Phi) is 4.35. The minimum atomic E-state index is -3.38. The van der Waals surface area contributed by atoms with Gasteiger partial charge in [-0.15, -0.1) is 0 Å². The van der Waals surface area contributed by atoms with Crippen LogP contribution in [0.1, 0.15) is 38.5 Å². The molecule has 0 bridgehead atoms. The van der Waals surface area contributed by atoms with E-state index in [-0.39, 0.29) is 10.9 Å². The van der Waals surface area contributed by atoms with Crippen molar-refractivity contribution in [1.29, 1.82) is 0 Å². The molecule has 2 rings (SSSR count). The zero-order valence-corrected chi connectivity index (χ0v) is 11.6. The van der Waals surface area contributed by atoms with Gasteiger partial charge in [0.25, 0.3) is 0 Å². The molecule has 1 saturated carbocycles. The highest BCUT2D eigenvalue weighted by molar-refractivity contribution is 7.89. The first-order valence-corrected chi connectivity index (χ1v) is 7.94. The van der Waals surface area contributed by atoms with Gasteiger partial charge in [-0.05, 0) is 25.0 Å². The van der Waals surface area contributed by atoms with Crippen molar-refractivity contribution in [2.24, 2.45) is 0 Å². The van der Waals surface area contributed by atoms with Crippen molar-refractivity contribution < 1.29 is 8.42 Å². The predicted molar refractivity (Wildman–Crippen MR) is 70.7 cm³/mol. The molecule has 1 fully saturated rings. The van der Waals surface area contributed by atoms with E-state index < -0.39 is 10.0 Å².